The minimum Gasteiger partial charge on any atom is -0.456 e. The lowest BCUT2D eigenvalue weighted by atomic mass is 9.92. The van der Waals surface area contributed by atoms with Gasteiger partial charge in [-0.05, 0) is 178 Å². The van der Waals surface area contributed by atoms with Gasteiger partial charge in [0.05, 0.1) is 16.6 Å². The van der Waals surface area contributed by atoms with Gasteiger partial charge in [0.1, 0.15) is 11.2 Å². The van der Waals surface area contributed by atoms with Gasteiger partial charge in [0, 0.05) is 66.6 Å². The van der Waals surface area contributed by atoms with Gasteiger partial charge in [-0.1, -0.05) is 140 Å². The minimum absolute atomic E-state index is 0.910. The lowest BCUT2D eigenvalue weighted by Crippen LogP contribution is -2.09. The second-order valence-corrected chi connectivity index (χ2v) is 19.6. The summed E-state index contributed by atoms with van der Waals surface area (Å²) in [5.74, 6) is 0. The summed E-state index contributed by atoms with van der Waals surface area (Å²) >= 11 is 0. The van der Waals surface area contributed by atoms with Crippen molar-refractivity contribution >= 4 is 88.6 Å². The second-order valence-electron chi connectivity index (χ2n) is 19.6. The van der Waals surface area contributed by atoms with E-state index in [1.807, 2.05) is 6.07 Å². The molecule has 0 saturated carbocycles. The summed E-state index contributed by atoms with van der Waals surface area (Å²) in [5.41, 5.74) is 20.7. The van der Waals surface area contributed by atoms with Gasteiger partial charge < -0.3 is 18.5 Å². The Labute approximate surface area is 428 Å². The molecular formula is C70H47N3O. The van der Waals surface area contributed by atoms with Gasteiger partial charge in [0.2, 0.25) is 0 Å². The second kappa shape index (κ2) is 17.0. The van der Waals surface area contributed by atoms with Crippen LogP contribution in [0.15, 0.2) is 259 Å². The maximum atomic E-state index is 6.27. The summed E-state index contributed by atoms with van der Waals surface area (Å²) in [5, 5.41) is 8.45. The average Bonchev–Trinajstić information content (AvgIpc) is 4.14. The standard InChI is InChI=1S/C70H47N3O/c1-3-17-54(18-4-1)71(57-34-29-46-15-7-8-16-48(46)42-57)56-32-27-47(28-33-56)51-39-52(49-30-36-67-62(43-49)59-21-9-12-24-65(59)72(67)55-19-5-2-6-20-55)41-53(40-51)50-31-37-68-63(44-50)60-22-10-13-25-66(60)73(68)58-35-38-70-64(45-58)61-23-11-14-26-69(61)74-70/h1-12,14-24,26-45H,13,25H2. The Balaban J connectivity index is 0.894. The van der Waals surface area contributed by atoms with Crippen LogP contribution in [0.3, 0.4) is 0 Å². The Morgan fingerprint density at radius 2 is 0.932 bits per heavy atom. The first-order chi connectivity index (χ1) is 36.7. The Bertz CT molecular complexity index is 4530. The molecule has 14 aromatic rings. The van der Waals surface area contributed by atoms with Gasteiger partial charge in [-0.3, -0.25) is 0 Å². The third kappa shape index (κ3) is 6.91. The predicted octanol–water partition coefficient (Wildman–Crippen LogP) is 19.2. The molecule has 0 aliphatic heterocycles. The zero-order valence-electron chi connectivity index (χ0n) is 40.5. The molecule has 0 amide bonds. The van der Waals surface area contributed by atoms with Crippen LogP contribution in [0.5, 0.6) is 0 Å². The number of anilines is 3. The third-order valence-electron chi connectivity index (χ3n) is 15.3. The van der Waals surface area contributed by atoms with Gasteiger partial charge in [-0.2, -0.15) is 0 Å². The predicted molar refractivity (Wildman–Crippen MR) is 311 cm³/mol. The van der Waals surface area contributed by atoms with Crippen molar-refractivity contribution in [3.05, 3.63) is 266 Å². The van der Waals surface area contributed by atoms with Crippen molar-refractivity contribution in [2.45, 2.75) is 12.8 Å². The smallest absolute Gasteiger partial charge is 0.135 e. The maximum Gasteiger partial charge on any atom is 0.135 e. The molecule has 74 heavy (non-hydrogen) atoms. The molecule has 4 nitrogen and oxygen atoms in total. The van der Waals surface area contributed by atoms with Gasteiger partial charge in [-0.25, -0.2) is 0 Å². The molecule has 0 bridgehead atoms. The highest BCUT2D eigenvalue weighted by Gasteiger charge is 2.22. The molecule has 11 aromatic carbocycles. The van der Waals surface area contributed by atoms with E-state index in [0.717, 1.165) is 74.3 Å². The molecule has 1 aliphatic rings. The summed E-state index contributed by atoms with van der Waals surface area (Å²) in [4.78, 5) is 2.35. The number of para-hydroxylation sites is 4. The number of aromatic nitrogens is 2. The van der Waals surface area contributed by atoms with Crippen LogP contribution >= 0.6 is 0 Å². The number of hydrogen-bond acceptors (Lipinski definition) is 2. The number of fused-ring (bicyclic) bond motifs is 10. The van der Waals surface area contributed by atoms with Crippen molar-refractivity contribution in [3.63, 3.8) is 0 Å². The van der Waals surface area contributed by atoms with Crippen molar-refractivity contribution < 1.29 is 4.42 Å². The van der Waals surface area contributed by atoms with Crippen LogP contribution < -0.4 is 4.90 Å². The lowest BCUT2D eigenvalue weighted by Gasteiger charge is -2.26. The van der Waals surface area contributed by atoms with E-state index in [1.165, 1.54) is 77.0 Å². The molecule has 15 rings (SSSR count). The number of nitrogens with zero attached hydrogens (tertiary/aromatic N) is 3. The highest BCUT2D eigenvalue weighted by molar-refractivity contribution is 6.11. The summed E-state index contributed by atoms with van der Waals surface area (Å²) in [6.07, 6.45) is 6.66. The summed E-state index contributed by atoms with van der Waals surface area (Å²) in [6, 6.07) is 90.9. The van der Waals surface area contributed by atoms with E-state index < -0.39 is 0 Å². The van der Waals surface area contributed by atoms with Crippen molar-refractivity contribution in [3.8, 4) is 44.8 Å². The lowest BCUT2D eigenvalue weighted by molar-refractivity contribution is 0.669. The van der Waals surface area contributed by atoms with Crippen LogP contribution in [0, 0.1) is 0 Å². The van der Waals surface area contributed by atoms with E-state index in [0.29, 0.717) is 0 Å². The fourth-order valence-electron chi connectivity index (χ4n) is 11.8. The molecule has 348 valence electrons. The fourth-order valence-corrected chi connectivity index (χ4v) is 11.8. The number of rotatable bonds is 8. The molecule has 0 atom stereocenters. The van der Waals surface area contributed by atoms with E-state index in [-0.39, 0.29) is 0 Å². The van der Waals surface area contributed by atoms with E-state index in [2.05, 4.69) is 269 Å². The Morgan fingerprint density at radius 3 is 1.73 bits per heavy atom. The zero-order chi connectivity index (χ0) is 48.7. The number of benzene rings is 11. The van der Waals surface area contributed by atoms with Crippen LogP contribution in [0.1, 0.15) is 17.7 Å². The van der Waals surface area contributed by atoms with E-state index in [1.54, 1.807) is 0 Å². The third-order valence-corrected chi connectivity index (χ3v) is 15.3. The molecular weight excluding hydrogens is 899 g/mol. The Kier molecular flexibility index (Phi) is 9.67. The summed E-state index contributed by atoms with van der Waals surface area (Å²) in [6.45, 7) is 0. The highest BCUT2D eigenvalue weighted by atomic mass is 16.3. The molecule has 4 heteroatoms. The van der Waals surface area contributed by atoms with Crippen LogP contribution in [0.2, 0.25) is 0 Å². The van der Waals surface area contributed by atoms with E-state index in [9.17, 15) is 0 Å². The number of allylic oxidation sites excluding steroid dienone is 1. The monoisotopic (exact) mass is 945 g/mol. The molecule has 1 aliphatic carbocycles. The maximum absolute atomic E-state index is 6.27. The van der Waals surface area contributed by atoms with Crippen molar-refractivity contribution in [2.24, 2.45) is 0 Å². The first-order valence-electron chi connectivity index (χ1n) is 25.6. The summed E-state index contributed by atoms with van der Waals surface area (Å²) in [7, 11) is 0. The van der Waals surface area contributed by atoms with Gasteiger partial charge in [0.25, 0.3) is 0 Å². The molecule has 0 fully saturated rings. The minimum atomic E-state index is 0.910. The first-order valence-corrected chi connectivity index (χ1v) is 25.6. The highest BCUT2D eigenvalue weighted by Crippen LogP contribution is 2.43. The van der Waals surface area contributed by atoms with E-state index >= 15 is 0 Å². The Hall–Kier alpha value is -9.64. The van der Waals surface area contributed by atoms with Crippen LogP contribution in [0.4, 0.5) is 17.1 Å². The van der Waals surface area contributed by atoms with Crippen LogP contribution in [-0.4, -0.2) is 9.13 Å². The van der Waals surface area contributed by atoms with E-state index in [4.69, 9.17) is 4.42 Å². The van der Waals surface area contributed by atoms with Gasteiger partial charge in [0.15, 0.2) is 0 Å². The fraction of sp³-hybridized carbons (Fsp3) is 0.0286. The number of furan rings is 1. The quantitative estimate of drug-likeness (QED) is 0.152. The van der Waals surface area contributed by atoms with Crippen molar-refractivity contribution in [2.75, 3.05) is 4.90 Å². The summed E-state index contributed by atoms with van der Waals surface area (Å²) < 4.78 is 11.1. The van der Waals surface area contributed by atoms with Crippen molar-refractivity contribution in [1.29, 1.82) is 0 Å². The molecule has 0 unspecified atom stereocenters. The molecule has 0 spiro atoms. The largest absolute Gasteiger partial charge is 0.456 e. The average molecular weight is 946 g/mol. The number of hydrogen-bond donors (Lipinski definition) is 0. The molecule has 0 N–H and O–H groups in total. The molecule has 0 radical (unpaired) electrons. The molecule has 0 saturated heterocycles. The van der Waals surface area contributed by atoms with Gasteiger partial charge in [-0.15, -0.1) is 0 Å². The Morgan fingerprint density at radius 1 is 0.338 bits per heavy atom. The molecule has 3 heterocycles. The first kappa shape index (κ1) is 42.1. The normalized spacial score (nSPS) is 12.4. The van der Waals surface area contributed by atoms with Crippen LogP contribution in [-0.2, 0) is 6.42 Å². The zero-order valence-corrected chi connectivity index (χ0v) is 40.5. The van der Waals surface area contributed by atoms with Crippen molar-refractivity contribution in [1.82, 2.24) is 9.13 Å². The van der Waals surface area contributed by atoms with Gasteiger partial charge >= 0.3 is 0 Å². The SMILES string of the molecule is C1=Cc2c(n(-c3ccc4oc5ccccc5c4c3)c3ccc(-c4cc(-c5ccc(N(c6ccccc6)c6ccc7ccccc7c6)cc5)cc(-c5ccc6c(c5)c5ccccc5n6-c5ccccc5)c4)cc23)CC1. The molecule has 3 aromatic heterocycles. The van der Waals surface area contributed by atoms with Crippen LogP contribution in [0.25, 0.3) is 116 Å². The topological polar surface area (TPSA) is 26.2 Å².